The van der Waals surface area contributed by atoms with E-state index in [-0.39, 0.29) is 10.6 Å². The number of nitrogens with two attached hydrogens (primary N) is 1. The van der Waals surface area contributed by atoms with E-state index in [9.17, 15) is 13.2 Å². The van der Waals surface area contributed by atoms with Gasteiger partial charge in [-0.2, -0.15) is 18.3 Å². The summed E-state index contributed by atoms with van der Waals surface area (Å²) >= 11 is 5.43. The van der Waals surface area contributed by atoms with Crippen molar-refractivity contribution < 1.29 is 13.2 Å². The highest BCUT2D eigenvalue weighted by molar-refractivity contribution is 6.31. The zero-order valence-corrected chi connectivity index (χ0v) is 9.10. The van der Waals surface area contributed by atoms with Gasteiger partial charge in [0.05, 0.1) is 16.8 Å². The standard InChI is InChI=1S/C9H8ClF3N4/c10-7-2-1-5(4-16-17-8(14)15)3-6(7)9(11,12)13/h1-4H,(H4,14,15,17)/b16-4+. The summed E-state index contributed by atoms with van der Waals surface area (Å²) in [5.41, 5.74) is 6.27. The Balaban J connectivity index is 2.97. The molecule has 0 saturated carbocycles. The Hall–Kier alpha value is -1.76. The second-order valence-corrected chi connectivity index (χ2v) is 3.43. The predicted molar refractivity (Wildman–Crippen MR) is 59.1 cm³/mol. The third kappa shape index (κ3) is 3.95. The van der Waals surface area contributed by atoms with Gasteiger partial charge in [-0.15, -0.1) is 0 Å². The van der Waals surface area contributed by atoms with E-state index in [0.29, 0.717) is 0 Å². The van der Waals surface area contributed by atoms with E-state index < -0.39 is 17.7 Å². The first-order valence-electron chi connectivity index (χ1n) is 4.30. The quantitative estimate of drug-likeness (QED) is 0.435. The minimum absolute atomic E-state index is 0.190. The normalized spacial score (nSPS) is 11.8. The molecule has 8 heteroatoms. The average molecular weight is 265 g/mol. The SMILES string of the molecule is N=C(N)N/N=C/c1ccc(Cl)c(C(F)(F)F)c1. The topological polar surface area (TPSA) is 74.3 Å². The predicted octanol–water partition coefficient (Wildman–Crippen LogP) is 2.18. The van der Waals surface area contributed by atoms with Crippen molar-refractivity contribution in [3.05, 3.63) is 34.3 Å². The van der Waals surface area contributed by atoms with Gasteiger partial charge in [-0.25, -0.2) is 5.43 Å². The van der Waals surface area contributed by atoms with Crippen LogP contribution in [0.25, 0.3) is 0 Å². The van der Waals surface area contributed by atoms with E-state index >= 15 is 0 Å². The molecule has 1 aromatic rings. The van der Waals surface area contributed by atoms with Crippen molar-refractivity contribution in [3.63, 3.8) is 0 Å². The number of benzene rings is 1. The van der Waals surface area contributed by atoms with Crippen LogP contribution in [0.4, 0.5) is 13.2 Å². The lowest BCUT2D eigenvalue weighted by Crippen LogP contribution is -2.25. The van der Waals surface area contributed by atoms with E-state index in [1.54, 1.807) is 0 Å². The molecule has 0 radical (unpaired) electrons. The summed E-state index contributed by atoms with van der Waals surface area (Å²) in [7, 11) is 0. The fourth-order valence-corrected chi connectivity index (χ4v) is 1.24. The van der Waals surface area contributed by atoms with E-state index in [4.69, 9.17) is 22.7 Å². The van der Waals surface area contributed by atoms with Gasteiger partial charge in [0.1, 0.15) is 0 Å². The number of alkyl halides is 3. The summed E-state index contributed by atoms with van der Waals surface area (Å²) in [5, 5.41) is 9.87. The van der Waals surface area contributed by atoms with Crippen LogP contribution in [0.2, 0.25) is 5.02 Å². The molecule has 0 aliphatic heterocycles. The zero-order chi connectivity index (χ0) is 13.1. The molecule has 4 nitrogen and oxygen atoms in total. The van der Waals surface area contributed by atoms with Gasteiger partial charge in [0.2, 0.25) is 5.96 Å². The minimum atomic E-state index is -4.52. The first-order valence-corrected chi connectivity index (χ1v) is 4.68. The molecule has 0 fully saturated rings. The fourth-order valence-electron chi connectivity index (χ4n) is 1.02. The smallest absolute Gasteiger partial charge is 0.369 e. The number of guanidine groups is 1. The van der Waals surface area contributed by atoms with Crippen molar-refractivity contribution in [1.29, 1.82) is 5.41 Å². The first kappa shape index (κ1) is 13.3. The number of nitrogens with zero attached hydrogens (tertiary/aromatic N) is 1. The van der Waals surface area contributed by atoms with Crippen LogP contribution < -0.4 is 11.2 Å². The van der Waals surface area contributed by atoms with Crippen molar-refractivity contribution in [1.82, 2.24) is 5.43 Å². The van der Waals surface area contributed by atoms with Crippen LogP contribution in [0.15, 0.2) is 23.3 Å². The van der Waals surface area contributed by atoms with E-state index in [2.05, 4.69) is 10.5 Å². The monoisotopic (exact) mass is 264 g/mol. The van der Waals surface area contributed by atoms with Gasteiger partial charge in [-0.05, 0) is 17.7 Å². The highest BCUT2D eigenvalue weighted by Crippen LogP contribution is 2.34. The molecule has 0 amide bonds. The number of hydrogen-bond donors (Lipinski definition) is 3. The van der Waals surface area contributed by atoms with E-state index in [0.717, 1.165) is 18.3 Å². The number of rotatable bonds is 2. The molecule has 0 heterocycles. The second kappa shape index (κ2) is 5.05. The van der Waals surface area contributed by atoms with Crippen molar-refractivity contribution in [2.45, 2.75) is 6.18 Å². The summed E-state index contributed by atoms with van der Waals surface area (Å²) < 4.78 is 37.4. The maximum atomic E-state index is 12.5. The molecule has 0 aliphatic carbocycles. The zero-order valence-electron chi connectivity index (χ0n) is 8.35. The molecule has 1 rings (SSSR count). The third-order valence-electron chi connectivity index (χ3n) is 1.69. The van der Waals surface area contributed by atoms with Gasteiger partial charge in [0.25, 0.3) is 0 Å². The molecule has 1 aromatic carbocycles. The Bertz CT molecular complexity index is 456. The van der Waals surface area contributed by atoms with Gasteiger partial charge in [-0.1, -0.05) is 17.7 Å². The Morgan fingerprint density at radius 2 is 2.12 bits per heavy atom. The largest absolute Gasteiger partial charge is 0.417 e. The minimum Gasteiger partial charge on any atom is -0.369 e. The molecule has 17 heavy (non-hydrogen) atoms. The lowest BCUT2D eigenvalue weighted by Gasteiger charge is -2.09. The Morgan fingerprint density at radius 3 is 2.65 bits per heavy atom. The van der Waals surface area contributed by atoms with Crippen LogP contribution in [0.1, 0.15) is 11.1 Å². The van der Waals surface area contributed by atoms with Crippen LogP contribution in [0.3, 0.4) is 0 Å². The van der Waals surface area contributed by atoms with Crippen LogP contribution in [0, 0.1) is 5.41 Å². The summed E-state index contributed by atoms with van der Waals surface area (Å²) in [4.78, 5) is 0. The van der Waals surface area contributed by atoms with Gasteiger partial charge in [-0.3, -0.25) is 5.41 Å². The first-order chi connectivity index (χ1) is 7.80. The van der Waals surface area contributed by atoms with E-state index in [1.807, 2.05) is 0 Å². The molecule has 0 spiro atoms. The molecule has 0 aromatic heterocycles. The average Bonchev–Trinajstić information content (AvgIpc) is 2.18. The molecule has 0 atom stereocenters. The van der Waals surface area contributed by atoms with Crippen LogP contribution in [0.5, 0.6) is 0 Å². The van der Waals surface area contributed by atoms with Crippen molar-refractivity contribution in [3.8, 4) is 0 Å². The number of halogens is 4. The second-order valence-electron chi connectivity index (χ2n) is 3.02. The molecule has 0 saturated heterocycles. The van der Waals surface area contributed by atoms with Crippen LogP contribution in [-0.4, -0.2) is 12.2 Å². The summed E-state index contributed by atoms with van der Waals surface area (Å²) in [6, 6.07) is 3.34. The third-order valence-corrected chi connectivity index (χ3v) is 2.02. The number of hydrazone groups is 1. The molecule has 0 aliphatic rings. The molecule has 4 N–H and O–H groups in total. The maximum Gasteiger partial charge on any atom is 0.417 e. The van der Waals surface area contributed by atoms with Gasteiger partial charge < -0.3 is 5.73 Å². The van der Waals surface area contributed by atoms with Crippen molar-refractivity contribution >= 4 is 23.8 Å². The Labute approximate surface area is 99.8 Å². The number of nitrogens with one attached hydrogen (secondary N) is 2. The summed E-state index contributed by atoms with van der Waals surface area (Å²) in [6.07, 6.45) is -3.41. The highest BCUT2D eigenvalue weighted by Gasteiger charge is 2.33. The lowest BCUT2D eigenvalue weighted by molar-refractivity contribution is -0.137. The molecular formula is C9H8ClF3N4. The lowest BCUT2D eigenvalue weighted by atomic mass is 10.1. The molecular weight excluding hydrogens is 257 g/mol. The van der Waals surface area contributed by atoms with Crippen molar-refractivity contribution in [2.24, 2.45) is 10.8 Å². The van der Waals surface area contributed by atoms with Crippen LogP contribution in [-0.2, 0) is 6.18 Å². The fraction of sp³-hybridized carbons (Fsp3) is 0.111. The summed E-state index contributed by atoms with van der Waals surface area (Å²) in [6.45, 7) is 0. The van der Waals surface area contributed by atoms with Crippen LogP contribution >= 0.6 is 11.6 Å². The molecule has 0 unspecified atom stereocenters. The van der Waals surface area contributed by atoms with Gasteiger partial charge in [0, 0.05) is 0 Å². The maximum absolute atomic E-state index is 12.5. The molecule has 0 bridgehead atoms. The Kier molecular flexibility index (Phi) is 3.95. The van der Waals surface area contributed by atoms with E-state index in [1.165, 1.54) is 6.07 Å². The Morgan fingerprint density at radius 1 is 1.47 bits per heavy atom. The number of hydrogen-bond acceptors (Lipinski definition) is 2. The highest BCUT2D eigenvalue weighted by atomic mass is 35.5. The molecule has 92 valence electrons. The van der Waals surface area contributed by atoms with Gasteiger partial charge >= 0.3 is 6.18 Å². The van der Waals surface area contributed by atoms with Gasteiger partial charge in [0.15, 0.2) is 0 Å². The summed E-state index contributed by atoms with van der Waals surface area (Å²) in [5.74, 6) is -0.411. The van der Waals surface area contributed by atoms with Crippen molar-refractivity contribution in [2.75, 3.05) is 0 Å².